The Hall–Kier alpha value is -0.373. The van der Waals surface area contributed by atoms with Gasteiger partial charge in [-0.25, -0.2) is 0 Å². The van der Waals surface area contributed by atoms with Crippen molar-refractivity contribution in [3.63, 3.8) is 0 Å². The van der Waals surface area contributed by atoms with Crippen LogP contribution in [-0.2, 0) is 4.79 Å². The molecule has 9 heavy (non-hydrogen) atoms. The summed E-state index contributed by atoms with van der Waals surface area (Å²) in [6.45, 7) is 7.43. The van der Waals surface area contributed by atoms with E-state index in [4.69, 9.17) is 0 Å². The molecule has 0 aromatic carbocycles. The molecule has 0 N–H and O–H groups in total. The number of ketones is 1. The van der Waals surface area contributed by atoms with Crippen LogP contribution in [0.4, 0.5) is 0 Å². The van der Waals surface area contributed by atoms with E-state index in [1.54, 1.807) is 6.92 Å². The topological polar surface area (TPSA) is 17.1 Å². The summed E-state index contributed by atoms with van der Waals surface area (Å²) >= 11 is 0. The van der Waals surface area contributed by atoms with E-state index in [0.717, 1.165) is 15.6 Å². The fourth-order valence-corrected chi connectivity index (χ4v) is 0.929. The Bertz CT molecular complexity index is 118. The SMILES string of the molecule is C=C(C)C(=O)CC[Si]C. The van der Waals surface area contributed by atoms with Crippen molar-refractivity contribution in [3.8, 4) is 0 Å². The van der Waals surface area contributed by atoms with Crippen LogP contribution in [0.15, 0.2) is 12.2 Å². The molecule has 0 atom stereocenters. The van der Waals surface area contributed by atoms with E-state index in [1.807, 2.05) is 0 Å². The number of hydrogen-bond donors (Lipinski definition) is 0. The Morgan fingerprint density at radius 1 is 1.67 bits per heavy atom. The van der Waals surface area contributed by atoms with Crippen LogP contribution in [0.5, 0.6) is 0 Å². The molecule has 0 unspecified atom stereocenters. The molecule has 0 aromatic heterocycles. The van der Waals surface area contributed by atoms with Crippen LogP contribution in [-0.4, -0.2) is 15.3 Å². The maximum absolute atomic E-state index is 10.8. The van der Waals surface area contributed by atoms with E-state index in [-0.39, 0.29) is 5.78 Å². The average molecular weight is 140 g/mol. The second-order valence-corrected chi connectivity index (χ2v) is 3.26. The summed E-state index contributed by atoms with van der Waals surface area (Å²) in [5.74, 6) is 0.212. The third kappa shape index (κ3) is 4.15. The average Bonchev–Trinajstić information content (AvgIpc) is 1.82. The van der Waals surface area contributed by atoms with Crippen molar-refractivity contribution in [2.45, 2.75) is 25.9 Å². The van der Waals surface area contributed by atoms with Gasteiger partial charge in [-0.05, 0) is 12.5 Å². The molecule has 0 spiro atoms. The van der Waals surface area contributed by atoms with Crippen molar-refractivity contribution in [3.05, 3.63) is 12.2 Å². The molecule has 0 aliphatic carbocycles. The van der Waals surface area contributed by atoms with E-state index >= 15 is 0 Å². The first-order valence-electron chi connectivity index (χ1n) is 3.01. The fraction of sp³-hybridized carbons (Fsp3) is 0.571. The second kappa shape index (κ2) is 4.50. The first-order valence-corrected chi connectivity index (χ1v) is 4.72. The summed E-state index contributed by atoms with van der Waals surface area (Å²) in [5.41, 5.74) is 0.688. The van der Waals surface area contributed by atoms with Gasteiger partial charge < -0.3 is 0 Å². The van der Waals surface area contributed by atoms with Crippen molar-refractivity contribution in [2.24, 2.45) is 0 Å². The lowest BCUT2D eigenvalue weighted by Crippen LogP contribution is -1.98. The van der Waals surface area contributed by atoms with E-state index < -0.39 is 0 Å². The molecule has 2 radical (unpaired) electrons. The number of rotatable bonds is 4. The summed E-state index contributed by atoms with van der Waals surface area (Å²) < 4.78 is 0. The minimum Gasteiger partial charge on any atom is -0.295 e. The number of carbonyl (C=O) groups is 1. The monoisotopic (exact) mass is 140 g/mol. The zero-order chi connectivity index (χ0) is 7.28. The molecule has 50 valence electrons. The maximum Gasteiger partial charge on any atom is 0.157 e. The summed E-state index contributed by atoms with van der Waals surface area (Å²) in [6.07, 6.45) is 0.685. The highest BCUT2D eigenvalue weighted by molar-refractivity contribution is 6.34. The molecule has 0 heterocycles. The lowest BCUT2D eigenvalue weighted by Gasteiger charge is -1.94. The summed E-state index contributed by atoms with van der Waals surface area (Å²) in [6, 6.07) is 1.02. The highest BCUT2D eigenvalue weighted by Gasteiger charge is 1.99. The fourth-order valence-electron chi connectivity index (χ4n) is 0.452. The third-order valence-corrected chi connectivity index (χ3v) is 1.83. The Kier molecular flexibility index (Phi) is 4.31. The Labute approximate surface area is 59.0 Å². The molecular weight excluding hydrogens is 128 g/mol. The summed E-state index contributed by atoms with van der Waals surface area (Å²) in [7, 11) is 0.881. The molecule has 1 nitrogen and oxygen atoms in total. The summed E-state index contributed by atoms with van der Waals surface area (Å²) in [4.78, 5) is 10.8. The Balaban J connectivity index is 3.39. The standard InChI is InChI=1S/C7H12OSi/c1-6(2)7(8)4-5-9-3/h1,4-5H2,2-3H3. The zero-order valence-electron chi connectivity index (χ0n) is 6.03. The number of carbonyl (C=O) groups excluding carboxylic acids is 1. The predicted octanol–water partition coefficient (Wildman–Crippen LogP) is 1.69. The lowest BCUT2D eigenvalue weighted by molar-refractivity contribution is -0.115. The van der Waals surface area contributed by atoms with Crippen molar-refractivity contribution in [2.75, 3.05) is 0 Å². The van der Waals surface area contributed by atoms with Gasteiger partial charge in [-0.2, -0.15) is 0 Å². The highest BCUT2D eigenvalue weighted by Crippen LogP contribution is 1.98. The van der Waals surface area contributed by atoms with E-state index in [9.17, 15) is 4.79 Å². The molecule has 0 saturated heterocycles. The molecule has 0 aromatic rings. The van der Waals surface area contributed by atoms with Crippen LogP contribution < -0.4 is 0 Å². The van der Waals surface area contributed by atoms with Gasteiger partial charge in [-0.1, -0.05) is 19.2 Å². The van der Waals surface area contributed by atoms with Gasteiger partial charge in [0.2, 0.25) is 0 Å². The van der Waals surface area contributed by atoms with Crippen LogP contribution in [0.2, 0.25) is 12.6 Å². The van der Waals surface area contributed by atoms with Crippen LogP contribution in [0.1, 0.15) is 13.3 Å². The van der Waals surface area contributed by atoms with Gasteiger partial charge in [0.1, 0.15) is 0 Å². The van der Waals surface area contributed by atoms with Crippen molar-refractivity contribution in [1.82, 2.24) is 0 Å². The molecule has 0 amide bonds. The highest BCUT2D eigenvalue weighted by atomic mass is 28.2. The summed E-state index contributed by atoms with van der Waals surface area (Å²) in [5, 5.41) is 0. The maximum atomic E-state index is 10.8. The number of hydrogen-bond acceptors (Lipinski definition) is 1. The normalized spacial score (nSPS) is 9.11. The van der Waals surface area contributed by atoms with Crippen LogP contribution in [0.25, 0.3) is 0 Å². The molecule has 0 rings (SSSR count). The molecule has 0 aliphatic rings. The minimum absolute atomic E-state index is 0.212. The molecule has 0 aliphatic heterocycles. The smallest absolute Gasteiger partial charge is 0.157 e. The number of Topliss-reactive ketones (excluding diaryl/α,β-unsaturated/α-hetero) is 1. The number of allylic oxidation sites excluding steroid dienone is 1. The van der Waals surface area contributed by atoms with Gasteiger partial charge in [0.15, 0.2) is 5.78 Å². The largest absolute Gasteiger partial charge is 0.295 e. The van der Waals surface area contributed by atoms with Crippen molar-refractivity contribution in [1.29, 1.82) is 0 Å². The van der Waals surface area contributed by atoms with Gasteiger partial charge in [0.25, 0.3) is 0 Å². The van der Waals surface area contributed by atoms with Gasteiger partial charge in [0.05, 0.1) is 0 Å². The van der Waals surface area contributed by atoms with Crippen LogP contribution >= 0.6 is 0 Å². The minimum atomic E-state index is 0.212. The second-order valence-electron chi connectivity index (χ2n) is 2.06. The van der Waals surface area contributed by atoms with Gasteiger partial charge >= 0.3 is 0 Å². The Morgan fingerprint density at radius 3 is 2.56 bits per heavy atom. The molecule has 2 heteroatoms. The molecule has 0 bridgehead atoms. The van der Waals surface area contributed by atoms with Crippen LogP contribution in [0, 0.1) is 0 Å². The van der Waals surface area contributed by atoms with Gasteiger partial charge in [0, 0.05) is 15.9 Å². The quantitative estimate of drug-likeness (QED) is 0.429. The molecular formula is C7H12OSi. The predicted molar refractivity (Wildman–Crippen MR) is 40.9 cm³/mol. The zero-order valence-corrected chi connectivity index (χ0v) is 7.03. The van der Waals surface area contributed by atoms with Gasteiger partial charge in [-0.15, -0.1) is 0 Å². The molecule has 0 fully saturated rings. The first kappa shape index (κ1) is 8.63. The molecule has 0 saturated carbocycles. The Morgan fingerprint density at radius 2 is 2.22 bits per heavy atom. The first-order chi connectivity index (χ1) is 4.18. The van der Waals surface area contributed by atoms with Gasteiger partial charge in [-0.3, -0.25) is 4.79 Å². The van der Waals surface area contributed by atoms with Crippen molar-refractivity contribution < 1.29 is 4.79 Å². The third-order valence-electron chi connectivity index (χ3n) is 1.08. The van der Waals surface area contributed by atoms with E-state index in [2.05, 4.69) is 13.1 Å². The van der Waals surface area contributed by atoms with E-state index in [0.29, 0.717) is 12.0 Å². The van der Waals surface area contributed by atoms with Crippen molar-refractivity contribution >= 4 is 15.3 Å². The van der Waals surface area contributed by atoms with Crippen LogP contribution in [0.3, 0.4) is 0 Å². The lowest BCUT2D eigenvalue weighted by atomic mass is 10.2. The van der Waals surface area contributed by atoms with E-state index in [1.165, 1.54) is 0 Å².